The predicted molar refractivity (Wildman–Crippen MR) is 56.9 cm³/mol. The molecule has 0 aliphatic carbocycles. The molecule has 0 fully saturated rings. The zero-order valence-electron chi connectivity index (χ0n) is 6.75. The molecule has 14 heavy (non-hydrogen) atoms. The van der Waals surface area contributed by atoms with Crippen LogP contribution in [0.1, 0.15) is 0 Å². The van der Waals surface area contributed by atoms with E-state index in [-0.39, 0.29) is 16.4 Å². The molecule has 0 aliphatic rings. The Labute approximate surface area is 92.0 Å². The summed E-state index contributed by atoms with van der Waals surface area (Å²) in [4.78, 5) is 10.9. The van der Waals surface area contributed by atoms with Crippen molar-refractivity contribution in [1.82, 2.24) is 0 Å². The van der Waals surface area contributed by atoms with E-state index < -0.39 is 5.63 Å². The molecular weight excluding hydrogens is 271 g/mol. The molecule has 1 aromatic heterocycles. The van der Waals surface area contributed by atoms with Gasteiger partial charge in [0.2, 0.25) is 0 Å². The number of halogens is 2. The van der Waals surface area contributed by atoms with Crippen molar-refractivity contribution in [2.75, 3.05) is 0 Å². The van der Waals surface area contributed by atoms with Gasteiger partial charge in [-0.3, -0.25) is 0 Å². The fourth-order valence-electron chi connectivity index (χ4n) is 1.17. The summed E-state index contributed by atoms with van der Waals surface area (Å²) in [6.07, 6.45) is 0. The van der Waals surface area contributed by atoms with Gasteiger partial charge >= 0.3 is 5.63 Å². The van der Waals surface area contributed by atoms with Crippen LogP contribution in [0.15, 0.2) is 31.9 Å². The Kier molecular flexibility index (Phi) is 2.25. The van der Waals surface area contributed by atoms with Crippen LogP contribution >= 0.6 is 27.5 Å². The van der Waals surface area contributed by atoms with Crippen molar-refractivity contribution in [2.24, 2.45) is 0 Å². The lowest BCUT2D eigenvalue weighted by molar-refractivity contribution is 0.468. The smallest absolute Gasteiger partial charge is 0.339 e. The first-order valence-corrected chi connectivity index (χ1v) is 4.87. The first kappa shape index (κ1) is 9.55. The Morgan fingerprint density at radius 2 is 2.07 bits per heavy atom. The maximum absolute atomic E-state index is 10.9. The van der Waals surface area contributed by atoms with Crippen LogP contribution in [0.4, 0.5) is 0 Å². The van der Waals surface area contributed by atoms with E-state index in [9.17, 15) is 9.90 Å². The first-order chi connectivity index (χ1) is 6.58. The second kappa shape index (κ2) is 3.29. The van der Waals surface area contributed by atoms with Gasteiger partial charge in [-0.1, -0.05) is 27.5 Å². The summed E-state index contributed by atoms with van der Waals surface area (Å²) < 4.78 is 5.57. The van der Waals surface area contributed by atoms with E-state index in [0.29, 0.717) is 9.86 Å². The largest absolute Gasteiger partial charge is 0.507 e. The molecule has 0 saturated heterocycles. The highest BCUT2D eigenvalue weighted by Gasteiger charge is 2.08. The van der Waals surface area contributed by atoms with E-state index in [1.165, 1.54) is 0 Å². The van der Waals surface area contributed by atoms with E-state index in [1.807, 2.05) is 0 Å². The van der Waals surface area contributed by atoms with E-state index in [1.54, 1.807) is 12.1 Å². The fraction of sp³-hybridized carbons (Fsp3) is 0. The van der Waals surface area contributed by atoms with Crippen molar-refractivity contribution in [3.63, 3.8) is 0 Å². The van der Waals surface area contributed by atoms with Gasteiger partial charge in [-0.15, -0.1) is 0 Å². The Bertz CT molecular complexity index is 562. The number of fused-ring (bicyclic) bond motifs is 1. The van der Waals surface area contributed by atoms with Gasteiger partial charge in [0.15, 0.2) is 5.58 Å². The normalized spacial score (nSPS) is 10.7. The van der Waals surface area contributed by atoms with E-state index >= 15 is 0 Å². The molecule has 0 radical (unpaired) electrons. The van der Waals surface area contributed by atoms with Gasteiger partial charge in [0.25, 0.3) is 0 Å². The van der Waals surface area contributed by atoms with Gasteiger partial charge in [0, 0.05) is 4.47 Å². The first-order valence-electron chi connectivity index (χ1n) is 3.70. The maximum Gasteiger partial charge on any atom is 0.339 e. The third kappa shape index (κ3) is 1.51. The summed E-state index contributed by atoms with van der Waals surface area (Å²) >= 11 is 9.05. The van der Waals surface area contributed by atoms with Crippen LogP contribution in [0.5, 0.6) is 5.75 Å². The van der Waals surface area contributed by atoms with Crippen LogP contribution in [0.2, 0.25) is 5.02 Å². The fourth-order valence-corrected chi connectivity index (χ4v) is 2.02. The molecule has 0 bridgehead atoms. The van der Waals surface area contributed by atoms with Crippen LogP contribution in [-0.4, -0.2) is 5.11 Å². The second-order valence-electron chi connectivity index (χ2n) is 2.71. The molecule has 0 unspecified atom stereocenters. The van der Waals surface area contributed by atoms with Gasteiger partial charge in [-0.25, -0.2) is 4.79 Å². The molecule has 72 valence electrons. The highest BCUT2D eigenvalue weighted by molar-refractivity contribution is 9.10. The monoisotopic (exact) mass is 274 g/mol. The standard InChI is InChI=1S/C9H4BrClO3/c10-4-1-5-7(12)3-8(13)14-9(5)6(11)2-4/h1-3,12H. The van der Waals surface area contributed by atoms with E-state index in [4.69, 9.17) is 16.0 Å². The number of rotatable bonds is 0. The molecule has 5 heteroatoms. The number of hydrogen-bond donors (Lipinski definition) is 1. The van der Waals surface area contributed by atoms with E-state index in [0.717, 1.165) is 6.07 Å². The van der Waals surface area contributed by atoms with Gasteiger partial charge < -0.3 is 9.52 Å². The Morgan fingerprint density at radius 1 is 1.36 bits per heavy atom. The SMILES string of the molecule is O=c1cc(O)c2cc(Br)cc(Cl)c2o1. The number of benzene rings is 1. The summed E-state index contributed by atoms with van der Waals surface area (Å²) in [7, 11) is 0. The zero-order valence-corrected chi connectivity index (χ0v) is 9.09. The van der Waals surface area contributed by atoms with Gasteiger partial charge in [0.05, 0.1) is 16.5 Å². The quantitative estimate of drug-likeness (QED) is 0.752. The summed E-state index contributed by atoms with van der Waals surface area (Å²) in [6, 6.07) is 4.22. The second-order valence-corrected chi connectivity index (χ2v) is 4.04. The molecule has 3 nitrogen and oxygen atoms in total. The molecule has 0 aliphatic heterocycles. The van der Waals surface area contributed by atoms with Crippen LogP contribution in [0, 0.1) is 0 Å². The van der Waals surface area contributed by atoms with Crippen molar-refractivity contribution in [3.05, 3.63) is 38.1 Å². The molecule has 0 spiro atoms. The molecule has 1 heterocycles. The minimum Gasteiger partial charge on any atom is -0.507 e. The molecule has 0 amide bonds. The molecule has 0 atom stereocenters. The Morgan fingerprint density at radius 3 is 2.79 bits per heavy atom. The summed E-state index contributed by atoms with van der Waals surface area (Å²) in [5.74, 6) is -0.139. The zero-order chi connectivity index (χ0) is 10.3. The molecule has 1 N–H and O–H groups in total. The van der Waals surface area contributed by atoms with Crippen LogP contribution in [0.25, 0.3) is 11.0 Å². The van der Waals surface area contributed by atoms with Gasteiger partial charge in [-0.2, -0.15) is 0 Å². The third-order valence-electron chi connectivity index (χ3n) is 1.74. The number of hydrogen-bond acceptors (Lipinski definition) is 3. The van der Waals surface area contributed by atoms with Crippen molar-refractivity contribution in [2.45, 2.75) is 0 Å². The topological polar surface area (TPSA) is 50.4 Å². The number of aromatic hydroxyl groups is 1. The van der Waals surface area contributed by atoms with Crippen molar-refractivity contribution in [1.29, 1.82) is 0 Å². The van der Waals surface area contributed by atoms with Crippen molar-refractivity contribution >= 4 is 38.5 Å². The Hall–Kier alpha value is -1.00. The molecule has 1 aromatic carbocycles. The summed E-state index contributed by atoms with van der Waals surface area (Å²) in [5.41, 5.74) is -0.431. The lowest BCUT2D eigenvalue weighted by Gasteiger charge is -2.01. The van der Waals surface area contributed by atoms with Crippen molar-refractivity contribution in [3.8, 4) is 5.75 Å². The highest BCUT2D eigenvalue weighted by Crippen LogP contribution is 2.31. The lowest BCUT2D eigenvalue weighted by atomic mass is 10.2. The average Bonchev–Trinajstić information content (AvgIpc) is 2.07. The third-order valence-corrected chi connectivity index (χ3v) is 2.48. The van der Waals surface area contributed by atoms with Crippen LogP contribution < -0.4 is 5.63 Å². The van der Waals surface area contributed by atoms with Crippen LogP contribution in [0.3, 0.4) is 0 Å². The van der Waals surface area contributed by atoms with Gasteiger partial charge in [-0.05, 0) is 12.1 Å². The predicted octanol–water partition coefficient (Wildman–Crippen LogP) is 2.91. The minimum atomic E-state index is -0.626. The minimum absolute atomic E-state index is 0.139. The molecule has 2 rings (SSSR count). The van der Waals surface area contributed by atoms with Gasteiger partial charge in [0.1, 0.15) is 5.75 Å². The maximum atomic E-state index is 10.9. The lowest BCUT2D eigenvalue weighted by Crippen LogP contribution is -1.95. The molecular formula is C9H4BrClO3. The van der Waals surface area contributed by atoms with Crippen molar-refractivity contribution < 1.29 is 9.52 Å². The summed E-state index contributed by atoms with van der Waals surface area (Å²) in [5, 5.41) is 10.1. The molecule has 2 aromatic rings. The Balaban J connectivity index is 3.01. The summed E-state index contributed by atoms with van der Waals surface area (Å²) in [6.45, 7) is 0. The highest BCUT2D eigenvalue weighted by atomic mass is 79.9. The van der Waals surface area contributed by atoms with E-state index in [2.05, 4.69) is 15.9 Å². The van der Waals surface area contributed by atoms with Crippen LogP contribution in [-0.2, 0) is 0 Å². The molecule has 0 saturated carbocycles. The average molecular weight is 275 g/mol.